The molecule has 0 bridgehead atoms. The van der Waals surface area contributed by atoms with Crippen LogP contribution in [0, 0.1) is 5.92 Å². The number of benzene rings is 1. The second-order valence-corrected chi connectivity index (χ2v) is 8.10. The van der Waals surface area contributed by atoms with Gasteiger partial charge in [-0.25, -0.2) is 0 Å². The van der Waals surface area contributed by atoms with Crippen LogP contribution in [-0.4, -0.2) is 69.5 Å². The van der Waals surface area contributed by atoms with E-state index >= 15 is 0 Å². The molecule has 0 amide bonds. The Labute approximate surface area is 199 Å². The number of hydrogen-bond acceptors (Lipinski definition) is 4. The van der Waals surface area contributed by atoms with Crippen LogP contribution in [0.1, 0.15) is 38.2 Å². The summed E-state index contributed by atoms with van der Waals surface area (Å²) in [7, 11) is 0. The largest absolute Gasteiger partial charge is 0.381 e. The van der Waals surface area contributed by atoms with Crippen LogP contribution in [0.3, 0.4) is 0 Å². The molecule has 2 aliphatic heterocycles. The van der Waals surface area contributed by atoms with E-state index in [1.165, 1.54) is 5.56 Å². The Hall–Kier alpha value is -0.900. The van der Waals surface area contributed by atoms with Crippen molar-refractivity contribution in [3.63, 3.8) is 0 Å². The lowest BCUT2D eigenvalue weighted by Gasteiger charge is -2.33. The molecule has 3 rings (SSSR count). The average molecular weight is 530 g/mol. The molecule has 2 fully saturated rings. The van der Waals surface area contributed by atoms with E-state index in [2.05, 4.69) is 52.8 Å². The highest BCUT2D eigenvalue weighted by molar-refractivity contribution is 14.0. The molecular weight excluding hydrogens is 491 g/mol. The molecule has 0 aliphatic carbocycles. The Balaban J connectivity index is 0.00000320. The number of nitrogens with zero attached hydrogens (tertiary/aromatic N) is 2. The number of rotatable bonds is 10. The predicted molar refractivity (Wildman–Crippen MR) is 134 cm³/mol. The summed E-state index contributed by atoms with van der Waals surface area (Å²) in [5, 5.41) is 7.02. The van der Waals surface area contributed by atoms with Gasteiger partial charge in [-0.15, -0.1) is 24.0 Å². The summed E-state index contributed by atoms with van der Waals surface area (Å²) in [4.78, 5) is 7.29. The first-order valence-electron chi connectivity index (χ1n) is 11.3. The maximum Gasteiger partial charge on any atom is 0.191 e. The molecule has 1 aromatic rings. The SMILES string of the molecule is CCNC(=NCCCOCC1CCOC1)NC1CCN(Cc2ccccc2)CC1.I. The van der Waals surface area contributed by atoms with Crippen molar-refractivity contribution >= 4 is 29.9 Å². The number of hydrogen-bond donors (Lipinski definition) is 2. The van der Waals surface area contributed by atoms with Crippen molar-refractivity contribution < 1.29 is 9.47 Å². The van der Waals surface area contributed by atoms with Crippen LogP contribution in [0.4, 0.5) is 0 Å². The summed E-state index contributed by atoms with van der Waals surface area (Å²) in [5.41, 5.74) is 1.40. The van der Waals surface area contributed by atoms with E-state index in [0.29, 0.717) is 12.0 Å². The fourth-order valence-electron chi connectivity index (χ4n) is 3.91. The summed E-state index contributed by atoms with van der Waals surface area (Å²) in [6.45, 7) is 10.5. The molecule has 170 valence electrons. The maximum absolute atomic E-state index is 5.77. The standard InChI is InChI=1S/C23H38N4O2.HI/c1-2-24-23(25-12-6-15-28-18-21-11-16-29-19-21)26-22-9-13-27(14-10-22)17-20-7-4-3-5-8-20;/h3-5,7-8,21-22H,2,6,9-19H2,1H3,(H2,24,25,26);1H. The van der Waals surface area contributed by atoms with Crippen LogP contribution in [-0.2, 0) is 16.0 Å². The lowest BCUT2D eigenvalue weighted by Crippen LogP contribution is -2.48. The lowest BCUT2D eigenvalue weighted by molar-refractivity contribution is 0.0893. The van der Waals surface area contributed by atoms with E-state index in [4.69, 9.17) is 14.5 Å². The Kier molecular flexibility index (Phi) is 12.7. The molecule has 2 saturated heterocycles. The Morgan fingerprint density at radius 2 is 2.00 bits per heavy atom. The van der Waals surface area contributed by atoms with Crippen molar-refractivity contribution in [1.29, 1.82) is 0 Å². The van der Waals surface area contributed by atoms with Gasteiger partial charge >= 0.3 is 0 Å². The monoisotopic (exact) mass is 530 g/mol. The molecule has 1 aromatic carbocycles. The van der Waals surface area contributed by atoms with Crippen LogP contribution in [0.15, 0.2) is 35.3 Å². The van der Waals surface area contributed by atoms with Crippen LogP contribution < -0.4 is 10.6 Å². The first kappa shape index (κ1) is 25.4. The highest BCUT2D eigenvalue weighted by Gasteiger charge is 2.20. The topological polar surface area (TPSA) is 58.1 Å². The molecule has 2 heterocycles. The van der Waals surface area contributed by atoms with E-state index in [1.54, 1.807) is 0 Å². The van der Waals surface area contributed by atoms with Crippen molar-refractivity contribution in [3.05, 3.63) is 35.9 Å². The van der Waals surface area contributed by atoms with E-state index in [1.807, 2.05) is 0 Å². The molecule has 1 unspecified atom stereocenters. The molecule has 7 heteroatoms. The lowest BCUT2D eigenvalue weighted by atomic mass is 10.0. The number of guanidine groups is 1. The van der Waals surface area contributed by atoms with Gasteiger partial charge in [-0.2, -0.15) is 0 Å². The normalized spacial score (nSPS) is 20.7. The van der Waals surface area contributed by atoms with Crippen LogP contribution in [0.25, 0.3) is 0 Å². The number of piperidine rings is 1. The van der Waals surface area contributed by atoms with Crippen LogP contribution in [0.2, 0.25) is 0 Å². The van der Waals surface area contributed by atoms with E-state index in [0.717, 1.165) is 90.8 Å². The molecular formula is C23H39IN4O2. The molecule has 0 radical (unpaired) electrons. The van der Waals surface area contributed by atoms with Gasteiger partial charge in [0.15, 0.2) is 5.96 Å². The second-order valence-electron chi connectivity index (χ2n) is 8.10. The number of nitrogens with one attached hydrogen (secondary N) is 2. The first-order chi connectivity index (χ1) is 14.3. The van der Waals surface area contributed by atoms with Gasteiger partial charge in [0.25, 0.3) is 0 Å². The smallest absolute Gasteiger partial charge is 0.191 e. The summed E-state index contributed by atoms with van der Waals surface area (Å²) in [6, 6.07) is 11.3. The number of halogens is 1. The Bertz CT molecular complexity index is 588. The highest BCUT2D eigenvalue weighted by atomic mass is 127. The Morgan fingerprint density at radius 3 is 2.70 bits per heavy atom. The fourth-order valence-corrected chi connectivity index (χ4v) is 3.91. The van der Waals surface area contributed by atoms with Crippen LogP contribution >= 0.6 is 24.0 Å². The third-order valence-electron chi connectivity index (χ3n) is 5.62. The van der Waals surface area contributed by atoms with E-state index in [9.17, 15) is 0 Å². The molecule has 0 spiro atoms. The van der Waals surface area contributed by atoms with Gasteiger partial charge in [-0.3, -0.25) is 9.89 Å². The molecule has 30 heavy (non-hydrogen) atoms. The van der Waals surface area contributed by atoms with Crippen molar-refractivity contribution in [2.75, 3.05) is 52.6 Å². The summed E-state index contributed by atoms with van der Waals surface area (Å²) < 4.78 is 11.2. The molecule has 0 saturated carbocycles. The summed E-state index contributed by atoms with van der Waals surface area (Å²) in [6.07, 6.45) is 4.41. The van der Waals surface area contributed by atoms with Gasteiger partial charge in [0.1, 0.15) is 0 Å². The zero-order valence-corrected chi connectivity index (χ0v) is 20.7. The molecule has 1 atom stereocenters. The highest BCUT2D eigenvalue weighted by Crippen LogP contribution is 2.14. The third-order valence-corrected chi connectivity index (χ3v) is 5.62. The Morgan fingerprint density at radius 1 is 1.20 bits per heavy atom. The second kappa shape index (κ2) is 15.0. The fraction of sp³-hybridized carbons (Fsp3) is 0.696. The zero-order valence-electron chi connectivity index (χ0n) is 18.4. The maximum atomic E-state index is 5.77. The zero-order chi connectivity index (χ0) is 20.2. The molecule has 2 N–H and O–H groups in total. The average Bonchev–Trinajstić information content (AvgIpc) is 3.26. The minimum Gasteiger partial charge on any atom is -0.381 e. The van der Waals surface area contributed by atoms with Crippen LogP contribution in [0.5, 0.6) is 0 Å². The van der Waals surface area contributed by atoms with E-state index in [-0.39, 0.29) is 24.0 Å². The predicted octanol–water partition coefficient (Wildman–Crippen LogP) is 3.27. The van der Waals surface area contributed by atoms with Crippen molar-refractivity contribution in [2.45, 2.75) is 45.2 Å². The minimum absolute atomic E-state index is 0. The number of ether oxygens (including phenoxy) is 2. The van der Waals surface area contributed by atoms with Gasteiger partial charge in [-0.1, -0.05) is 30.3 Å². The molecule has 0 aromatic heterocycles. The number of aliphatic imine (C=N–C) groups is 1. The van der Waals surface area contributed by atoms with E-state index < -0.39 is 0 Å². The van der Waals surface area contributed by atoms with Gasteiger partial charge in [-0.05, 0) is 38.2 Å². The summed E-state index contributed by atoms with van der Waals surface area (Å²) >= 11 is 0. The van der Waals surface area contributed by atoms with Gasteiger partial charge in [0.2, 0.25) is 0 Å². The van der Waals surface area contributed by atoms with Crippen molar-refractivity contribution in [2.24, 2.45) is 10.9 Å². The first-order valence-corrected chi connectivity index (χ1v) is 11.3. The van der Waals surface area contributed by atoms with Crippen molar-refractivity contribution in [1.82, 2.24) is 15.5 Å². The molecule has 2 aliphatic rings. The third kappa shape index (κ3) is 9.49. The van der Waals surface area contributed by atoms with Gasteiger partial charge < -0.3 is 20.1 Å². The number of likely N-dealkylation sites (tertiary alicyclic amines) is 1. The summed E-state index contributed by atoms with van der Waals surface area (Å²) in [5.74, 6) is 1.53. The minimum atomic E-state index is 0. The van der Waals surface area contributed by atoms with Crippen molar-refractivity contribution in [3.8, 4) is 0 Å². The quantitative estimate of drug-likeness (QED) is 0.211. The molecule has 6 nitrogen and oxygen atoms in total. The van der Waals surface area contributed by atoms with Gasteiger partial charge in [0, 0.05) is 57.9 Å². The van der Waals surface area contributed by atoms with Gasteiger partial charge in [0.05, 0.1) is 13.2 Å².